The molecule has 0 unspecified atom stereocenters. The average molecular weight is 206 g/mol. The first-order chi connectivity index (χ1) is 7.41. The molecule has 0 atom stereocenters. The maximum atomic E-state index is 3.68. The summed E-state index contributed by atoms with van der Waals surface area (Å²) in [6.45, 7) is 5.92. The first-order valence-corrected chi connectivity index (χ1v) is 6.32. The number of rotatable bonds is 10. The highest BCUT2D eigenvalue weighted by Gasteiger charge is 1.83. The van der Waals surface area contributed by atoms with Crippen molar-refractivity contribution in [2.75, 3.05) is 0 Å². The van der Waals surface area contributed by atoms with Crippen LogP contribution in [-0.2, 0) is 0 Å². The van der Waals surface area contributed by atoms with Gasteiger partial charge in [-0.2, -0.15) is 0 Å². The zero-order chi connectivity index (χ0) is 11.2. The molecule has 86 valence electrons. The van der Waals surface area contributed by atoms with Gasteiger partial charge in [-0.15, -0.1) is 6.58 Å². The lowest BCUT2D eigenvalue weighted by atomic mass is 10.1. The van der Waals surface area contributed by atoms with Crippen LogP contribution >= 0.6 is 0 Å². The normalized spacial score (nSPS) is 11.5. The molecule has 0 aromatic rings. The second kappa shape index (κ2) is 13.2. The Bertz CT molecular complexity index is 174. The van der Waals surface area contributed by atoms with Crippen molar-refractivity contribution in [2.45, 2.75) is 58.3 Å². The molecule has 0 aliphatic carbocycles. The monoisotopic (exact) mass is 206 g/mol. The maximum Gasteiger partial charge on any atom is -0.0172 e. The summed E-state index contributed by atoms with van der Waals surface area (Å²) in [5.74, 6) is 0. The van der Waals surface area contributed by atoms with Gasteiger partial charge in [0.05, 0.1) is 0 Å². The third kappa shape index (κ3) is 13.2. The molecule has 15 heavy (non-hydrogen) atoms. The van der Waals surface area contributed by atoms with E-state index in [0.717, 1.165) is 6.42 Å². The molecule has 0 fully saturated rings. The molecule has 0 aliphatic rings. The molecular weight excluding hydrogens is 180 g/mol. The van der Waals surface area contributed by atoms with Crippen LogP contribution in [0.1, 0.15) is 58.3 Å². The van der Waals surface area contributed by atoms with Crippen LogP contribution in [0.2, 0.25) is 0 Å². The predicted molar refractivity (Wildman–Crippen MR) is 71.1 cm³/mol. The summed E-state index contributed by atoms with van der Waals surface area (Å²) in [5, 5.41) is 0. The topological polar surface area (TPSA) is 0 Å². The second-order valence-electron chi connectivity index (χ2n) is 3.89. The van der Waals surface area contributed by atoms with E-state index in [9.17, 15) is 0 Å². The van der Waals surface area contributed by atoms with Gasteiger partial charge in [0.15, 0.2) is 0 Å². The highest BCUT2D eigenvalue weighted by Crippen LogP contribution is 2.03. The molecule has 0 N–H and O–H groups in total. The molecule has 0 amide bonds. The largest absolute Gasteiger partial charge is 0.103 e. The summed E-state index contributed by atoms with van der Waals surface area (Å²) in [5.41, 5.74) is 0. The van der Waals surface area contributed by atoms with Crippen LogP contribution in [0.5, 0.6) is 0 Å². The Kier molecular flexibility index (Phi) is 12.5. The number of allylic oxidation sites excluding steroid dienone is 5. The molecule has 0 spiro atoms. The molecule has 0 radical (unpaired) electrons. The Labute approximate surface area is 95.8 Å². The third-order valence-electron chi connectivity index (χ3n) is 2.35. The van der Waals surface area contributed by atoms with Gasteiger partial charge in [0.25, 0.3) is 0 Å². The van der Waals surface area contributed by atoms with Gasteiger partial charge in [0, 0.05) is 0 Å². The number of hydrogen-bond donors (Lipinski definition) is 0. The van der Waals surface area contributed by atoms with Gasteiger partial charge >= 0.3 is 0 Å². The Balaban J connectivity index is 3.10. The Hall–Kier alpha value is -0.780. The zero-order valence-electron chi connectivity index (χ0n) is 10.3. The Morgan fingerprint density at radius 1 is 0.800 bits per heavy atom. The van der Waals surface area contributed by atoms with Crippen LogP contribution in [0.3, 0.4) is 0 Å². The summed E-state index contributed by atoms with van der Waals surface area (Å²) in [6.07, 6.45) is 21.1. The van der Waals surface area contributed by atoms with Crippen molar-refractivity contribution < 1.29 is 0 Å². The van der Waals surface area contributed by atoms with Crippen molar-refractivity contribution in [3.05, 3.63) is 37.0 Å². The van der Waals surface area contributed by atoms with Crippen LogP contribution in [0.15, 0.2) is 37.0 Å². The summed E-state index contributed by atoms with van der Waals surface area (Å²) in [7, 11) is 0. The van der Waals surface area contributed by atoms with Crippen LogP contribution in [0.25, 0.3) is 0 Å². The van der Waals surface area contributed by atoms with Gasteiger partial charge in [-0.3, -0.25) is 0 Å². The van der Waals surface area contributed by atoms with E-state index in [1.807, 2.05) is 6.08 Å². The maximum absolute atomic E-state index is 3.68. The fourth-order valence-corrected chi connectivity index (χ4v) is 1.39. The van der Waals surface area contributed by atoms with Gasteiger partial charge < -0.3 is 0 Å². The molecule has 0 rings (SSSR count). The van der Waals surface area contributed by atoms with Crippen LogP contribution < -0.4 is 0 Å². The minimum absolute atomic E-state index is 1.01. The van der Waals surface area contributed by atoms with Crippen molar-refractivity contribution in [1.29, 1.82) is 0 Å². The van der Waals surface area contributed by atoms with E-state index in [0.29, 0.717) is 0 Å². The lowest BCUT2D eigenvalue weighted by Crippen LogP contribution is -1.73. The standard InChI is InChI=1S/C15H26/c1-3-5-7-9-11-13-15-14-12-10-8-6-4-2/h3,7,9-10,12H,1,4-6,8,11,13-15H2,2H3. The van der Waals surface area contributed by atoms with E-state index >= 15 is 0 Å². The molecule has 0 heterocycles. The van der Waals surface area contributed by atoms with Gasteiger partial charge in [-0.25, -0.2) is 0 Å². The van der Waals surface area contributed by atoms with Crippen molar-refractivity contribution in [3.8, 4) is 0 Å². The lowest BCUT2D eigenvalue weighted by molar-refractivity contribution is 0.755. The molecule has 0 bridgehead atoms. The first-order valence-electron chi connectivity index (χ1n) is 6.32. The van der Waals surface area contributed by atoms with E-state index in [-0.39, 0.29) is 0 Å². The molecular formula is C15H26. The fraction of sp³-hybridized carbons (Fsp3) is 0.600. The average Bonchev–Trinajstić information content (AvgIpc) is 2.26. The minimum Gasteiger partial charge on any atom is -0.103 e. The predicted octanol–water partition coefficient (Wildman–Crippen LogP) is 5.43. The smallest absolute Gasteiger partial charge is 0.0172 e. The van der Waals surface area contributed by atoms with E-state index in [4.69, 9.17) is 0 Å². The summed E-state index contributed by atoms with van der Waals surface area (Å²) < 4.78 is 0. The molecule has 0 saturated carbocycles. The molecule has 0 heteroatoms. The minimum atomic E-state index is 1.01. The summed E-state index contributed by atoms with van der Waals surface area (Å²) in [6, 6.07) is 0. The van der Waals surface area contributed by atoms with Gasteiger partial charge in [0.2, 0.25) is 0 Å². The van der Waals surface area contributed by atoms with Crippen LogP contribution in [0, 0.1) is 0 Å². The van der Waals surface area contributed by atoms with Gasteiger partial charge in [0.1, 0.15) is 0 Å². The van der Waals surface area contributed by atoms with E-state index in [1.165, 1.54) is 44.9 Å². The molecule has 0 aliphatic heterocycles. The fourth-order valence-electron chi connectivity index (χ4n) is 1.39. The molecule has 0 aromatic heterocycles. The summed E-state index contributed by atoms with van der Waals surface area (Å²) >= 11 is 0. The van der Waals surface area contributed by atoms with Crippen LogP contribution in [-0.4, -0.2) is 0 Å². The van der Waals surface area contributed by atoms with Crippen molar-refractivity contribution >= 4 is 0 Å². The highest BCUT2D eigenvalue weighted by atomic mass is 13.9. The van der Waals surface area contributed by atoms with Crippen molar-refractivity contribution in [1.82, 2.24) is 0 Å². The highest BCUT2D eigenvalue weighted by molar-refractivity contribution is 4.88. The quantitative estimate of drug-likeness (QED) is 0.330. The van der Waals surface area contributed by atoms with Gasteiger partial charge in [-0.05, 0) is 38.5 Å². The first kappa shape index (κ1) is 14.2. The molecule has 0 nitrogen and oxygen atoms in total. The van der Waals surface area contributed by atoms with E-state index < -0.39 is 0 Å². The number of unbranched alkanes of at least 4 members (excludes halogenated alkanes) is 5. The Morgan fingerprint density at radius 3 is 1.87 bits per heavy atom. The Morgan fingerprint density at radius 2 is 1.33 bits per heavy atom. The number of hydrogen-bond acceptors (Lipinski definition) is 0. The van der Waals surface area contributed by atoms with Gasteiger partial charge in [-0.1, -0.05) is 50.1 Å². The van der Waals surface area contributed by atoms with Crippen LogP contribution in [0.4, 0.5) is 0 Å². The van der Waals surface area contributed by atoms with Crippen molar-refractivity contribution in [2.24, 2.45) is 0 Å². The third-order valence-corrected chi connectivity index (χ3v) is 2.35. The summed E-state index contributed by atoms with van der Waals surface area (Å²) in [4.78, 5) is 0. The van der Waals surface area contributed by atoms with E-state index in [1.54, 1.807) is 0 Å². The molecule has 0 aromatic carbocycles. The van der Waals surface area contributed by atoms with Crippen molar-refractivity contribution in [3.63, 3.8) is 0 Å². The lowest BCUT2D eigenvalue weighted by Gasteiger charge is -1.93. The second-order valence-corrected chi connectivity index (χ2v) is 3.89. The van der Waals surface area contributed by atoms with E-state index in [2.05, 4.69) is 37.8 Å². The SMILES string of the molecule is C=CCC=CCCCCC=CCCCC. The zero-order valence-corrected chi connectivity index (χ0v) is 10.3. The molecule has 0 saturated heterocycles.